The molecule has 0 aromatic heterocycles. The van der Waals surface area contributed by atoms with Gasteiger partial charge >= 0.3 is 6.03 Å². The van der Waals surface area contributed by atoms with E-state index in [0.29, 0.717) is 13.1 Å². The number of carbonyl (C=O) groups excluding carboxylic acids is 1. The normalized spacial score (nSPS) is 15.9. The average molecular weight is 264 g/mol. The number of carbonyl (C=O) groups is 1. The Morgan fingerprint density at radius 2 is 2.00 bits per heavy atom. The fourth-order valence-corrected chi connectivity index (χ4v) is 2.03. The number of likely N-dealkylation sites (tertiary alicyclic amines) is 1. The summed E-state index contributed by atoms with van der Waals surface area (Å²) in [7, 11) is 0. The minimum Gasteiger partial charge on any atom is -0.324 e. The molecule has 1 aromatic carbocycles. The highest BCUT2D eigenvalue weighted by Crippen LogP contribution is 2.18. The highest BCUT2D eigenvalue weighted by atomic mass is 19.2. The van der Waals surface area contributed by atoms with Crippen LogP contribution in [0.5, 0.6) is 0 Å². The van der Waals surface area contributed by atoms with Crippen LogP contribution in [0.2, 0.25) is 0 Å². The molecule has 0 atom stereocenters. The summed E-state index contributed by atoms with van der Waals surface area (Å²) in [6, 6.07) is 2.95. The Kier molecular flexibility index (Phi) is 4.00. The lowest BCUT2D eigenvalue weighted by Crippen LogP contribution is -2.40. The Balaban J connectivity index is 1.94. The predicted octanol–water partition coefficient (Wildman–Crippen LogP) is 2.84. The maximum absolute atomic E-state index is 13.0. The van der Waals surface area contributed by atoms with Crippen LogP contribution in [0.15, 0.2) is 18.2 Å². The number of urea groups is 1. The van der Waals surface area contributed by atoms with E-state index >= 15 is 0 Å². The van der Waals surface area contributed by atoms with Gasteiger partial charge in [-0.25, -0.2) is 13.6 Å². The van der Waals surface area contributed by atoms with Gasteiger partial charge in [0.05, 0.1) is 0 Å². The van der Waals surface area contributed by atoms with E-state index in [-0.39, 0.29) is 17.6 Å². The molecule has 3 nitrogen and oxygen atoms in total. The molecule has 0 unspecified atom stereocenters. The number of amides is 2. The van der Waals surface area contributed by atoms with E-state index in [1.807, 2.05) is 0 Å². The van der Waals surface area contributed by atoms with Gasteiger partial charge < -0.3 is 10.2 Å². The van der Waals surface area contributed by atoms with Gasteiger partial charge in [-0.05, 0) is 25.0 Å². The van der Waals surface area contributed by atoms with E-state index < -0.39 is 11.6 Å². The second-order valence-corrected chi connectivity index (χ2v) is 4.49. The van der Waals surface area contributed by atoms with Crippen molar-refractivity contribution in [2.75, 3.05) is 18.4 Å². The van der Waals surface area contributed by atoms with Gasteiger partial charge in [0.15, 0.2) is 11.6 Å². The van der Waals surface area contributed by atoms with E-state index in [0.717, 1.165) is 25.0 Å². The lowest BCUT2D eigenvalue weighted by atomic mass is 9.98. The van der Waals surface area contributed by atoms with E-state index in [9.17, 15) is 13.6 Å². The zero-order valence-electron chi connectivity index (χ0n) is 10.3. The number of nitrogens with zero attached hydrogens (tertiary/aromatic N) is 1. The molecule has 1 saturated heterocycles. The topological polar surface area (TPSA) is 32.3 Å². The number of piperidine rings is 1. The molecule has 0 spiro atoms. The Hall–Kier alpha value is -2.09. The smallest absolute Gasteiger partial charge is 0.321 e. The highest BCUT2D eigenvalue weighted by Gasteiger charge is 2.21. The predicted molar refractivity (Wildman–Crippen MR) is 68.5 cm³/mol. The molecular formula is C14H14F2N2O. The molecule has 1 N–H and O–H groups in total. The number of hydrogen-bond donors (Lipinski definition) is 1. The first-order valence-corrected chi connectivity index (χ1v) is 6.07. The number of terminal acetylenes is 1. The van der Waals surface area contributed by atoms with Crippen molar-refractivity contribution in [1.29, 1.82) is 0 Å². The number of halogens is 2. The maximum Gasteiger partial charge on any atom is 0.321 e. The molecular weight excluding hydrogens is 250 g/mol. The number of hydrogen-bond acceptors (Lipinski definition) is 1. The Morgan fingerprint density at radius 3 is 2.58 bits per heavy atom. The van der Waals surface area contributed by atoms with Crippen molar-refractivity contribution < 1.29 is 13.6 Å². The van der Waals surface area contributed by atoms with Crippen molar-refractivity contribution in [1.82, 2.24) is 4.90 Å². The standard InChI is InChI=1S/C14H14F2N2O/c1-2-10-5-7-18(8-6-10)14(19)17-11-3-4-12(15)13(16)9-11/h1,3-4,9-10H,5-8H2,(H,17,19). The second-order valence-electron chi connectivity index (χ2n) is 4.49. The highest BCUT2D eigenvalue weighted by molar-refractivity contribution is 5.89. The molecule has 2 amide bonds. The zero-order valence-corrected chi connectivity index (χ0v) is 10.3. The van der Waals surface area contributed by atoms with Crippen LogP contribution in [0.25, 0.3) is 0 Å². The summed E-state index contributed by atoms with van der Waals surface area (Å²) >= 11 is 0. The van der Waals surface area contributed by atoms with E-state index in [2.05, 4.69) is 11.2 Å². The zero-order chi connectivity index (χ0) is 13.8. The van der Waals surface area contributed by atoms with Gasteiger partial charge in [-0.3, -0.25) is 0 Å². The number of nitrogens with one attached hydrogen (secondary N) is 1. The molecule has 1 fully saturated rings. The SMILES string of the molecule is C#CC1CCN(C(=O)Nc2ccc(F)c(F)c2)CC1. The van der Waals surface area contributed by atoms with Crippen LogP contribution in [0, 0.1) is 29.9 Å². The molecule has 100 valence electrons. The first kappa shape index (κ1) is 13.3. The largest absolute Gasteiger partial charge is 0.324 e. The lowest BCUT2D eigenvalue weighted by molar-refractivity contribution is 0.192. The summed E-state index contributed by atoms with van der Waals surface area (Å²) in [5.41, 5.74) is 0.239. The average Bonchev–Trinajstić information content (AvgIpc) is 2.43. The molecule has 1 heterocycles. The fraction of sp³-hybridized carbons (Fsp3) is 0.357. The summed E-state index contributed by atoms with van der Waals surface area (Å²) < 4.78 is 25.8. The van der Waals surface area contributed by atoms with Gasteiger partial charge in [-0.15, -0.1) is 12.3 Å². The summed E-state index contributed by atoms with van der Waals surface area (Å²) in [5, 5.41) is 2.54. The first-order valence-electron chi connectivity index (χ1n) is 6.07. The van der Waals surface area contributed by atoms with Crippen LogP contribution < -0.4 is 5.32 Å². The molecule has 5 heteroatoms. The van der Waals surface area contributed by atoms with Gasteiger partial charge in [0.2, 0.25) is 0 Å². The van der Waals surface area contributed by atoms with Crippen molar-refractivity contribution in [3.8, 4) is 12.3 Å². The molecule has 0 bridgehead atoms. The summed E-state index contributed by atoms with van der Waals surface area (Å²) in [6.45, 7) is 1.15. The van der Waals surface area contributed by atoms with Crippen molar-refractivity contribution in [3.63, 3.8) is 0 Å². The molecule has 1 aliphatic heterocycles. The molecule has 0 aliphatic carbocycles. The maximum atomic E-state index is 13.0. The van der Waals surface area contributed by atoms with Gasteiger partial charge in [0.1, 0.15) is 0 Å². The van der Waals surface area contributed by atoms with Gasteiger partial charge in [-0.1, -0.05) is 0 Å². The second kappa shape index (κ2) is 5.70. The summed E-state index contributed by atoms with van der Waals surface area (Å²) in [6.07, 6.45) is 6.86. The van der Waals surface area contributed by atoms with Crippen LogP contribution in [-0.4, -0.2) is 24.0 Å². The summed E-state index contributed by atoms with van der Waals surface area (Å²) in [4.78, 5) is 13.5. The number of rotatable bonds is 1. The van der Waals surface area contributed by atoms with E-state index in [1.54, 1.807) is 4.90 Å². The molecule has 1 aromatic rings. The van der Waals surface area contributed by atoms with Gasteiger partial charge in [0, 0.05) is 30.8 Å². The van der Waals surface area contributed by atoms with Crippen LogP contribution in [0.4, 0.5) is 19.3 Å². The quantitative estimate of drug-likeness (QED) is 0.777. The van der Waals surface area contributed by atoms with E-state index in [1.165, 1.54) is 6.07 Å². The van der Waals surface area contributed by atoms with Gasteiger partial charge in [-0.2, -0.15) is 0 Å². The molecule has 0 radical (unpaired) electrons. The third-order valence-corrected chi connectivity index (χ3v) is 3.19. The lowest BCUT2D eigenvalue weighted by Gasteiger charge is -2.29. The molecule has 1 aliphatic rings. The molecule has 19 heavy (non-hydrogen) atoms. The van der Waals surface area contributed by atoms with Crippen molar-refractivity contribution in [2.24, 2.45) is 5.92 Å². The van der Waals surface area contributed by atoms with Crippen molar-refractivity contribution >= 4 is 11.7 Å². The minimum atomic E-state index is -0.983. The van der Waals surface area contributed by atoms with Crippen LogP contribution in [-0.2, 0) is 0 Å². The van der Waals surface area contributed by atoms with Gasteiger partial charge in [0.25, 0.3) is 0 Å². The van der Waals surface area contributed by atoms with Crippen LogP contribution in [0.3, 0.4) is 0 Å². The monoisotopic (exact) mass is 264 g/mol. The molecule has 2 rings (SSSR count). The Morgan fingerprint density at radius 1 is 1.32 bits per heavy atom. The number of anilines is 1. The minimum absolute atomic E-state index is 0.215. The Labute approximate surface area is 110 Å². The van der Waals surface area contributed by atoms with Crippen LogP contribution in [0.1, 0.15) is 12.8 Å². The Bertz CT molecular complexity index is 517. The van der Waals surface area contributed by atoms with Crippen LogP contribution >= 0.6 is 0 Å². The van der Waals surface area contributed by atoms with Crippen molar-refractivity contribution in [2.45, 2.75) is 12.8 Å². The molecule has 0 saturated carbocycles. The van der Waals surface area contributed by atoms with Crippen molar-refractivity contribution in [3.05, 3.63) is 29.8 Å². The third kappa shape index (κ3) is 3.22. The van der Waals surface area contributed by atoms with E-state index in [4.69, 9.17) is 6.42 Å². The fourth-order valence-electron chi connectivity index (χ4n) is 2.03. The number of benzene rings is 1. The summed E-state index contributed by atoms with van der Waals surface area (Å²) in [5.74, 6) is 0.972. The third-order valence-electron chi connectivity index (χ3n) is 3.19. The first-order chi connectivity index (χ1) is 9.10.